The van der Waals surface area contributed by atoms with Crippen molar-refractivity contribution in [3.05, 3.63) is 29.8 Å². The molecular weight excluding hydrogens is 194 g/mol. The molecule has 1 aromatic carbocycles. The smallest absolute Gasteiger partial charge is 0.0368 e. The first-order valence-corrected chi connectivity index (χ1v) is 5.97. The number of benzene rings is 1. The molecule has 0 atom stereocenters. The molecule has 16 heavy (non-hydrogen) atoms. The molecule has 0 N–H and O–H groups in total. The molecule has 0 bridgehead atoms. The van der Waals surface area contributed by atoms with Crippen LogP contribution in [0.5, 0.6) is 0 Å². The Morgan fingerprint density at radius 2 is 1.25 bits per heavy atom. The molecule has 1 aromatic rings. The van der Waals surface area contributed by atoms with Crippen molar-refractivity contribution in [1.29, 1.82) is 0 Å². The highest BCUT2D eigenvalue weighted by atomic mass is 15.2. The standard InChI is InChI=1S/C15H25N/c1-14(2,3)12-8-10-13(11-9-12)16(7)15(4,5)6/h8-11H,1-7H3. The first kappa shape index (κ1) is 13.1. The van der Waals surface area contributed by atoms with E-state index in [1.54, 1.807) is 0 Å². The van der Waals surface area contributed by atoms with Crippen LogP contribution >= 0.6 is 0 Å². The maximum absolute atomic E-state index is 2.31. The summed E-state index contributed by atoms with van der Waals surface area (Å²) in [4.78, 5) is 2.31. The van der Waals surface area contributed by atoms with Gasteiger partial charge in [-0.3, -0.25) is 0 Å². The van der Waals surface area contributed by atoms with E-state index in [0.29, 0.717) is 0 Å². The van der Waals surface area contributed by atoms with E-state index in [1.165, 1.54) is 11.3 Å². The predicted octanol–water partition coefficient (Wildman–Crippen LogP) is 4.22. The first-order valence-electron chi connectivity index (χ1n) is 5.97. The van der Waals surface area contributed by atoms with Gasteiger partial charge < -0.3 is 4.90 Å². The van der Waals surface area contributed by atoms with Gasteiger partial charge in [0.15, 0.2) is 0 Å². The Morgan fingerprint density at radius 1 is 0.812 bits per heavy atom. The van der Waals surface area contributed by atoms with Gasteiger partial charge in [0.2, 0.25) is 0 Å². The van der Waals surface area contributed by atoms with Crippen molar-refractivity contribution >= 4 is 5.69 Å². The zero-order valence-electron chi connectivity index (χ0n) is 11.8. The summed E-state index contributed by atoms with van der Waals surface area (Å²) in [6.45, 7) is 13.4. The quantitative estimate of drug-likeness (QED) is 0.683. The van der Waals surface area contributed by atoms with Crippen LogP contribution < -0.4 is 4.90 Å². The molecule has 0 aromatic heterocycles. The van der Waals surface area contributed by atoms with Crippen molar-refractivity contribution in [3.63, 3.8) is 0 Å². The molecule has 0 saturated carbocycles. The van der Waals surface area contributed by atoms with E-state index < -0.39 is 0 Å². The SMILES string of the molecule is CN(c1ccc(C(C)(C)C)cc1)C(C)(C)C. The van der Waals surface area contributed by atoms with Gasteiger partial charge in [-0.05, 0) is 43.9 Å². The number of anilines is 1. The van der Waals surface area contributed by atoms with Crippen molar-refractivity contribution in [1.82, 2.24) is 0 Å². The molecule has 90 valence electrons. The normalized spacial score (nSPS) is 12.7. The van der Waals surface area contributed by atoms with Crippen LogP contribution in [0.25, 0.3) is 0 Å². The molecule has 0 aliphatic rings. The van der Waals surface area contributed by atoms with Crippen molar-refractivity contribution in [2.45, 2.75) is 52.5 Å². The van der Waals surface area contributed by atoms with Crippen LogP contribution in [0.4, 0.5) is 5.69 Å². The topological polar surface area (TPSA) is 3.24 Å². The van der Waals surface area contributed by atoms with E-state index in [0.717, 1.165) is 0 Å². The molecule has 0 heterocycles. The summed E-state index contributed by atoms with van der Waals surface area (Å²) in [6, 6.07) is 8.90. The highest BCUT2D eigenvalue weighted by molar-refractivity contribution is 5.49. The van der Waals surface area contributed by atoms with E-state index in [2.05, 4.69) is 77.8 Å². The molecule has 0 spiro atoms. The number of hydrogen-bond donors (Lipinski definition) is 0. The van der Waals surface area contributed by atoms with E-state index in [1.807, 2.05) is 0 Å². The fourth-order valence-corrected chi connectivity index (χ4v) is 1.57. The summed E-state index contributed by atoms with van der Waals surface area (Å²) < 4.78 is 0. The van der Waals surface area contributed by atoms with Gasteiger partial charge in [0, 0.05) is 18.3 Å². The Bertz CT molecular complexity index is 335. The second-order valence-electron chi connectivity index (χ2n) is 6.53. The lowest BCUT2D eigenvalue weighted by molar-refractivity contribution is 0.538. The maximum Gasteiger partial charge on any atom is 0.0368 e. The minimum absolute atomic E-state index is 0.170. The van der Waals surface area contributed by atoms with Gasteiger partial charge in [-0.15, -0.1) is 0 Å². The van der Waals surface area contributed by atoms with E-state index >= 15 is 0 Å². The van der Waals surface area contributed by atoms with Crippen LogP contribution in [-0.2, 0) is 5.41 Å². The van der Waals surface area contributed by atoms with Gasteiger partial charge >= 0.3 is 0 Å². The Kier molecular flexibility index (Phi) is 3.37. The van der Waals surface area contributed by atoms with Gasteiger partial charge in [-0.1, -0.05) is 32.9 Å². The molecule has 0 aliphatic heterocycles. The molecule has 1 heteroatoms. The Morgan fingerprint density at radius 3 is 1.56 bits per heavy atom. The van der Waals surface area contributed by atoms with Crippen LogP contribution in [0, 0.1) is 0 Å². The summed E-state index contributed by atoms with van der Waals surface area (Å²) in [5.74, 6) is 0. The summed E-state index contributed by atoms with van der Waals surface area (Å²) in [5.41, 5.74) is 3.07. The first-order chi connectivity index (χ1) is 7.12. The number of hydrogen-bond acceptors (Lipinski definition) is 1. The second kappa shape index (κ2) is 4.12. The summed E-state index contributed by atoms with van der Waals surface area (Å²) in [7, 11) is 2.14. The molecule has 0 fully saturated rings. The predicted molar refractivity (Wildman–Crippen MR) is 73.3 cm³/mol. The molecule has 0 unspecified atom stereocenters. The van der Waals surface area contributed by atoms with E-state index in [9.17, 15) is 0 Å². The van der Waals surface area contributed by atoms with E-state index in [4.69, 9.17) is 0 Å². The van der Waals surface area contributed by atoms with Gasteiger partial charge in [0.05, 0.1) is 0 Å². The van der Waals surface area contributed by atoms with Gasteiger partial charge in [-0.2, -0.15) is 0 Å². The third-order valence-electron chi connectivity index (χ3n) is 3.13. The third-order valence-corrected chi connectivity index (χ3v) is 3.13. The molecule has 0 saturated heterocycles. The lowest BCUT2D eigenvalue weighted by Gasteiger charge is -2.34. The molecule has 1 rings (SSSR count). The van der Waals surface area contributed by atoms with Gasteiger partial charge in [0.1, 0.15) is 0 Å². The van der Waals surface area contributed by atoms with Gasteiger partial charge in [0.25, 0.3) is 0 Å². The summed E-state index contributed by atoms with van der Waals surface area (Å²) >= 11 is 0. The fraction of sp³-hybridized carbons (Fsp3) is 0.600. The average molecular weight is 219 g/mol. The molecule has 0 radical (unpaired) electrons. The number of nitrogens with zero attached hydrogens (tertiary/aromatic N) is 1. The highest BCUT2D eigenvalue weighted by Gasteiger charge is 2.18. The maximum atomic E-state index is 2.31. The Labute approximate surface area is 100 Å². The lowest BCUT2D eigenvalue weighted by Crippen LogP contribution is -2.38. The number of rotatable bonds is 1. The minimum atomic E-state index is 0.170. The van der Waals surface area contributed by atoms with Crippen molar-refractivity contribution in [2.24, 2.45) is 0 Å². The van der Waals surface area contributed by atoms with Crippen molar-refractivity contribution in [3.8, 4) is 0 Å². The van der Waals surface area contributed by atoms with Crippen LogP contribution in [-0.4, -0.2) is 12.6 Å². The molecule has 0 aliphatic carbocycles. The largest absolute Gasteiger partial charge is 0.370 e. The summed E-state index contributed by atoms with van der Waals surface area (Å²) in [6.07, 6.45) is 0. The zero-order valence-corrected chi connectivity index (χ0v) is 11.8. The van der Waals surface area contributed by atoms with Crippen LogP contribution in [0.3, 0.4) is 0 Å². The van der Waals surface area contributed by atoms with Crippen LogP contribution in [0.1, 0.15) is 47.1 Å². The molecule has 1 nitrogen and oxygen atoms in total. The fourth-order valence-electron chi connectivity index (χ4n) is 1.57. The average Bonchev–Trinajstić information content (AvgIpc) is 2.14. The van der Waals surface area contributed by atoms with Crippen LogP contribution in [0.2, 0.25) is 0 Å². The molecular formula is C15H25N. The Balaban J connectivity index is 2.96. The molecule has 0 amide bonds. The second-order valence-corrected chi connectivity index (χ2v) is 6.53. The minimum Gasteiger partial charge on any atom is -0.370 e. The van der Waals surface area contributed by atoms with Crippen molar-refractivity contribution < 1.29 is 0 Å². The van der Waals surface area contributed by atoms with Gasteiger partial charge in [-0.25, -0.2) is 0 Å². The van der Waals surface area contributed by atoms with E-state index in [-0.39, 0.29) is 11.0 Å². The zero-order chi connectivity index (χ0) is 12.6. The Hall–Kier alpha value is -0.980. The third kappa shape index (κ3) is 3.01. The van der Waals surface area contributed by atoms with Crippen molar-refractivity contribution in [2.75, 3.05) is 11.9 Å². The monoisotopic (exact) mass is 219 g/mol. The van der Waals surface area contributed by atoms with Crippen LogP contribution in [0.15, 0.2) is 24.3 Å². The summed E-state index contributed by atoms with van der Waals surface area (Å²) in [5, 5.41) is 0. The lowest BCUT2D eigenvalue weighted by atomic mass is 9.87. The highest BCUT2D eigenvalue weighted by Crippen LogP contribution is 2.27.